The predicted molar refractivity (Wildman–Crippen MR) is 125 cm³/mol. The Morgan fingerprint density at radius 1 is 1.11 bits per heavy atom. The van der Waals surface area contributed by atoms with Crippen LogP contribution in [0.15, 0.2) is 35.0 Å². The average molecular weight is 545 g/mol. The Morgan fingerprint density at radius 3 is 2.16 bits per heavy atom. The van der Waals surface area contributed by atoms with Gasteiger partial charge in [-0.1, -0.05) is 0 Å². The molecule has 3 rings (SSSR count). The number of alkyl halides is 6. The Hall–Kier alpha value is -3.71. The van der Waals surface area contributed by atoms with E-state index in [0.717, 1.165) is 12.8 Å². The molecular formula is C24H26F6N6O2. The minimum Gasteiger partial charge on any atom is -0.342 e. The van der Waals surface area contributed by atoms with E-state index in [9.17, 15) is 35.9 Å². The summed E-state index contributed by atoms with van der Waals surface area (Å²) in [4.78, 5) is 35.3. The lowest BCUT2D eigenvalue weighted by molar-refractivity contribution is -0.143. The maximum atomic E-state index is 13.2. The van der Waals surface area contributed by atoms with Gasteiger partial charge in [0.25, 0.3) is 11.8 Å². The fourth-order valence-corrected chi connectivity index (χ4v) is 3.59. The Balaban J connectivity index is 1.85. The first kappa shape index (κ1) is 28.9. The van der Waals surface area contributed by atoms with Crippen molar-refractivity contribution in [2.75, 3.05) is 7.05 Å². The summed E-state index contributed by atoms with van der Waals surface area (Å²) >= 11 is 0. The van der Waals surface area contributed by atoms with Crippen molar-refractivity contribution in [3.05, 3.63) is 58.3 Å². The zero-order chi connectivity index (χ0) is 28.6. The molecule has 14 heteroatoms. The van der Waals surface area contributed by atoms with Gasteiger partial charge >= 0.3 is 12.4 Å². The normalized spacial score (nSPS) is 15.9. The number of carbonyl (C=O) groups is 2. The summed E-state index contributed by atoms with van der Waals surface area (Å²) in [6.07, 6.45) is -6.93. The fourth-order valence-electron chi connectivity index (χ4n) is 3.59. The molecule has 38 heavy (non-hydrogen) atoms. The number of amides is 2. The van der Waals surface area contributed by atoms with Gasteiger partial charge in [0.2, 0.25) is 0 Å². The second kappa shape index (κ2) is 10.6. The molecule has 0 spiro atoms. The summed E-state index contributed by atoms with van der Waals surface area (Å²) in [5.41, 5.74) is -3.64. The Morgan fingerprint density at radius 2 is 1.66 bits per heavy atom. The first-order valence-corrected chi connectivity index (χ1v) is 11.5. The number of aliphatic imine (C=N–C) groups is 1. The molecule has 206 valence electrons. The second-order valence-corrected chi connectivity index (χ2v) is 9.05. The van der Waals surface area contributed by atoms with Crippen LogP contribution in [0.1, 0.15) is 72.8 Å². The number of aryl methyl sites for hydroxylation is 1. The zero-order valence-corrected chi connectivity index (χ0v) is 21.2. The third-order valence-corrected chi connectivity index (χ3v) is 5.83. The summed E-state index contributed by atoms with van der Waals surface area (Å²) in [7, 11) is 1.71. The van der Waals surface area contributed by atoms with Crippen LogP contribution >= 0.6 is 0 Å². The topological polar surface area (TPSA) is 92.5 Å². The second-order valence-electron chi connectivity index (χ2n) is 9.05. The molecule has 2 aromatic rings. The molecule has 8 nitrogen and oxygen atoms in total. The van der Waals surface area contributed by atoms with Crippen molar-refractivity contribution in [2.24, 2.45) is 4.99 Å². The summed E-state index contributed by atoms with van der Waals surface area (Å²) in [5.74, 6) is -0.674. The predicted octanol–water partition coefficient (Wildman–Crippen LogP) is 4.91. The number of nitrogens with one attached hydrogen (secondary N) is 1. The van der Waals surface area contributed by atoms with Crippen LogP contribution in [0, 0.1) is 6.92 Å². The summed E-state index contributed by atoms with van der Waals surface area (Å²) in [5, 5.41) is 6.57. The third-order valence-electron chi connectivity index (χ3n) is 5.83. The smallest absolute Gasteiger partial charge is 0.342 e. The van der Waals surface area contributed by atoms with E-state index in [-0.39, 0.29) is 35.5 Å². The summed E-state index contributed by atoms with van der Waals surface area (Å²) in [6, 6.07) is -0.116. The van der Waals surface area contributed by atoms with Crippen molar-refractivity contribution in [3.8, 4) is 0 Å². The molecule has 0 saturated heterocycles. The van der Waals surface area contributed by atoms with E-state index in [1.54, 1.807) is 32.7 Å². The SMILES string of the molecule is CC(=N/C=C(\C)C(=O)N(C)C1CC1)n1nc(C)nc1C(C)NC(=O)c1cc(C(F)(F)F)cc(C(F)(F)F)c1. The molecule has 1 saturated carbocycles. The lowest BCUT2D eigenvalue weighted by atomic mass is 10.0. The number of nitrogens with zero attached hydrogens (tertiary/aromatic N) is 5. The van der Waals surface area contributed by atoms with E-state index < -0.39 is 41.0 Å². The van der Waals surface area contributed by atoms with Gasteiger partial charge in [-0.3, -0.25) is 9.59 Å². The number of hydrogen-bond acceptors (Lipinski definition) is 5. The highest BCUT2D eigenvalue weighted by Gasteiger charge is 2.37. The van der Waals surface area contributed by atoms with Gasteiger partial charge in [0.05, 0.1) is 17.2 Å². The number of benzene rings is 1. The van der Waals surface area contributed by atoms with Gasteiger partial charge in [-0.25, -0.2) is 14.7 Å². The van der Waals surface area contributed by atoms with Crippen LogP contribution in [-0.2, 0) is 17.1 Å². The molecular weight excluding hydrogens is 518 g/mol. The van der Waals surface area contributed by atoms with Crippen LogP contribution in [0.4, 0.5) is 26.3 Å². The van der Waals surface area contributed by atoms with Crippen molar-refractivity contribution in [3.63, 3.8) is 0 Å². The Labute approximate surface area is 214 Å². The highest BCUT2D eigenvalue weighted by Crippen LogP contribution is 2.36. The molecule has 1 aromatic heterocycles. The van der Waals surface area contributed by atoms with Crippen molar-refractivity contribution in [1.29, 1.82) is 0 Å². The highest BCUT2D eigenvalue weighted by molar-refractivity contribution is 5.95. The quantitative estimate of drug-likeness (QED) is 0.242. The van der Waals surface area contributed by atoms with Crippen LogP contribution in [0.5, 0.6) is 0 Å². The third kappa shape index (κ3) is 6.78. The Kier molecular flexibility index (Phi) is 8.03. The first-order chi connectivity index (χ1) is 17.5. The molecule has 1 unspecified atom stereocenters. The molecule has 1 atom stereocenters. The van der Waals surface area contributed by atoms with E-state index in [0.29, 0.717) is 17.7 Å². The van der Waals surface area contributed by atoms with Crippen LogP contribution in [-0.4, -0.2) is 50.4 Å². The minimum absolute atomic E-state index is 0.0529. The molecule has 0 radical (unpaired) electrons. The fraction of sp³-hybridized carbons (Fsp3) is 0.458. The van der Waals surface area contributed by atoms with Crippen molar-refractivity contribution < 1.29 is 35.9 Å². The largest absolute Gasteiger partial charge is 0.416 e. The maximum absolute atomic E-state index is 13.2. The van der Waals surface area contributed by atoms with Crippen molar-refractivity contribution in [2.45, 2.75) is 65.0 Å². The Bertz CT molecular complexity index is 1260. The van der Waals surface area contributed by atoms with Crippen molar-refractivity contribution in [1.82, 2.24) is 25.0 Å². The number of likely N-dealkylation sites (N-methyl/N-ethyl adjacent to an activating group) is 1. The van der Waals surface area contributed by atoms with Crippen LogP contribution < -0.4 is 5.32 Å². The maximum Gasteiger partial charge on any atom is 0.416 e. The van der Waals surface area contributed by atoms with E-state index in [1.165, 1.54) is 17.8 Å². The number of rotatable bonds is 6. The molecule has 0 aliphatic heterocycles. The van der Waals surface area contributed by atoms with Crippen LogP contribution in [0.2, 0.25) is 0 Å². The molecule has 1 heterocycles. The minimum atomic E-state index is -5.09. The van der Waals surface area contributed by atoms with Gasteiger partial charge in [-0.2, -0.15) is 31.4 Å². The van der Waals surface area contributed by atoms with E-state index in [2.05, 4.69) is 20.4 Å². The van der Waals surface area contributed by atoms with Gasteiger partial charge in [0.15, 0.2) is 5.82 Å². The van der Waals surface area contributed by atoms with Crippen molar-refractivity contribution >= 4 is 17.6 Å². The standard InChI is InChI=1S/C24H26F6N6O2/c1-12(22(38)35(5)19-6-7-19)11-31-15(4)36-20(33-14(3)34-36)13(2)32-21(37)16-8-17(23(25,26)27)10-18(9-16)24(28,29)30/h8-11,13,19H,6-7H2,1-5H3,(H,32,37)/b12-11+,31-15?. The number of aromatic nitrogens is 3. The number of carbonyl (C=O) groups excluding carboxylic acids is 2. The van der Waals surface area contributed by atoms with E-state index in [1.807, 2.05) is 0 Å². The van der Waals surface area contributed by atoms with Gasteiger partial charge in [-0.15, -0.1) is 0 Å². The monoisotopic (exact) mass is 544 g/mol. The van der Waals surface area contributed by atoms with Crippen LogP contribution in [0.25, 0.3) is 0 Å². The van der Waals surface area contributed by atoms with E-state index >= 15 is 0 Å². The van der Waals surface area contributed by atoms with Gasteiger partial charge in [-0.05, 0) is 58.7 Å². The molecule has 0 bridgehead atoms. The lowest BCUT2D eigenvalue weighted by Crippen LogP contribution is -2.30. The number of hydrogen-bond donors (Lipinski definition) is 1. The number of halogens is 6. The van der Waals surface area contributed by atoms with Gasteiger partial charge in [0, 0.05) is 30.4 Å². The molecule has 1 aliphatic rings. The molecule has 1 fully saturated rings. The van der Waals surface area contributed by atoms with E-state index in [4.69, 9.17) is 0 Å². The molecule has 1 N–H and O–H groups in total. The average Bonchev–Trinajstić information content (AvgIpc) is 3.60. The molecule has 1 aliphatic carbocycles. The zero-order valence-electron chi connectivity index (χ0n) is 21.2. The summed E-state index contributed by atoms with van der Waals surface area (Å²) < 4.78 is 80.3. The molecule has 1 aromatic carbocycles. The van der Waals surface area contributed by atoms with Crippen LogP contribution in [0.3, 0.4) is 0 Å². The van der Waals surface area contributed by atoms with Gasteiger partial charge < -0.3 is 10.2 Å². The lowest BCUT2D eigenvalue weighted by Gasteiger charge is -2.17. The summed E-state index contributed by atoms with van der Waals surface area (Å²) in [6.45, 7) is 6.17. The van der Waals surface area contributed by atoms with Gasteiger partial charge in [0.1, 0.15) is 11.7 Å². The first-order valence-electron chi connectivity index (χ1n) is 11.5. The molecule has 2 amide bonds. The highest BCUT2D eigenvalue weighted by atomic mass is 19.4.